The highest BCUT2D eigenvalue weighted by molar-refractivity contribution is 6.00. The van der Waals surface area contributed by atoms with Gasteiger partial charge in [-0.2, -0.15) is 0 Å². The molecular formula is C23H27N3O3. The summed E-state index contributed by atoms with van der Waals surface area (Å²) in [4.78, 5) is 31.5. The number of hydrogen-bond acceptors (Lipinski definition) is 4. The van der Waals surface area contributed by atoms with E-state index in [9.17, 15) is 9.59 Å². The normalized spacial score (nSPS) is 19.6. The average molecular weight is 393 g/mol. The van der Waals surface area contributed by atoms with Crippen LogP contribution in [0.25, 0.3) is 0 Å². The second-order valence-corrected chi connectivity index (χ2v) is 7.75. The molecule has 2 aromatic rings. The summed E-state index contributed by atoms with van der Waals surface area (Å²) in [5.41, 5.74) is 3.26. The molecule has 0 bridgehead atoms. The zero-order valence-corrected chi connectivity index (χ0v) is 17.0. The van der Waals surface area contributed by atoms with Gasteiger partial charge in [0.15, 0.2) is 0 Å². The fourth-order valence-corrected chi connectivity index (χ4v) is 4.15. The summed E-state index contributed by atoms with van der Waals surface area (Å²) in [6.45, 7) is 5.56. The molecule has 0 aromatic heterocycles. The summed E-state index contributed by atoms with van der Waals surface area (Å²) < 4.78 is 5.18. The number of rotatable bonds is 4. The van der Waals surface area contributed by atoms with Gasteiger partial charge in [0.25, 0.3) is 0 Å². The van der Waals surface area contributed by atoms with E-state index in [0.29, 0.717) is 19.6 Å². The molecule has 2 fully saturated rings. The minimum absolute atomic E-state index is 0.00640. The SMILES string of the molecule is COc1ccc(N2CC(C(=O)N3CCN(c4cccc(C)c4)CC3)CC2=O)cc1. The van der Waals surface area contributed by atoms with Gasteiger partial charge in [-0.25, -0.2) is 0 Å². The van der Waals surface area contributed by atoms with Gasteiger partial charge in [0.1, 0.15) is 5.75 Å². The van der Waals surface area contributed by atoms with E-state index in [4.69, 9.17) is 4.74 Å². The zero-order chi connectivity index (χ0) is 20.4. The van der Waals surface area contributed by atoms with E-state index in [2.05, 4.69) is 36.1 Å². The van der Waals surface area contributed by atoms with Gasteiger partial charge >= 0.3 is 0 Å². The van der Waals surface area contributed by atoms with Crippen molar-refractivity contribution >= 4 is 23.2 Å². The molecule has 1 atom stereocenters. The molecule has 1 unspecified atom stereocenters. The van der Waals surface area contributed by atoms with Crippen molar-refractivity contribution in [2.75, 3.05) is 49.6 Å². The number of hydrogen-bond donors (Lipinski definition) is 0. The maximum Gasteiger partial charge on any atom is 0.228 e. The van der Waals surface area contributed by atoms with Crippen molar-refractivity contribution in [3.63, 3.8) is 0 Å². The Morgan fingerprint density at radius 1 is 1.00 bits per heavy atom. The number of methoxy groups -OCH3 is 1. The summed E-state index contributed by atoms with van der Waals surface area (Å²) in [6.07, 6.45) is 0.281. The Bertz CT molecular complexity index is 888. The first-order valence-corrected chi connectivity index (χ1v) is 10.1. The smallest absolute Gasteiger partial charge is 0.228 e. The first-order valence-electron chi connectivity index (χ1n) is 10.1. The predicted octanol–water partition coefficient (Wildman–Crippen LogP) is 2.71. The molecule has 0 N–H and O–H groups in total. The minimum atomic E-state index is -0.268. The predicted molar refractivity (Wildman–Crippen MR) is 113 cm³/mol. The molecule has 6 heteroatoms. The van der Waals surface area contributed by atoms with Crippen LogP contribution in [0.5, 0.6) is 5.75 Å². The van der Waals surface area contributed by atoms with E-state index in [-0.39, 0.29) is 24.2 Å². The molecule has 0 radical (unpaired) electrons. The number of ether oxygens (including phenoxy) is 1. The summed E-state index contributed by atoms with van der Waals surface area (Å²) >= 11 is 0. The molecule has 2 amide bonds. The molecule has 0 spiro atoms. The molecule has 6 nitrogen and oxygen atoms in total. The lowest BCUT2D eigenvalue weighted by atomic mass is 10.1. The van der Waals surface area contributed by atoms with E-state index in [1.807, 2.05) is 29.2 Å². The number of amides is 2. The van der Waals surface area contributed by atoms with Crippen LogP contribution in [0.1, 0.15) is 12.0 Å². The highest BCUT2D eigenvalue weighted by Gasteiger charge is 2.38. The lowest BCUT2D eigenvalue weighted by Crippen LogP contribution is -2.50. The van der Waals surface area contributed by atoms with Crippen LogP contribution in [-0.2, 0) is 9.59 Å². The van der Waals surface area contributed by atoms with Crippen LogP contribution < -0.4 is 14.5 Å². The Morgan fingerprint density at radius 2 is 1.72 bits per heavy atom. The van der Waals surface area contributed by atoms with Crippen LogP contribution in [0.2, 0.25) is 0 Å². The van der Waals surface area contributed by atoms with E-state index >= 15 is 0 Å². The summed E-state index contributed by atoms with van der Waals surface area (Å²) in [7, 11) is 1.61. The third kappa shape index (κ3) is 4.06. The summed E-state index contributed by atoms with van der Waals surface area (Å²) in [5.74, 6) is 0.583. The van der Waals surface area contributed by atoms with Gasteiger partial charge in [0, 0.05) is 50.5 Å². The van der Waals surface area contributed by atoms with Crippen molar-refractivity contribution in [2.24, 2.45) is 5.92 Å². The molecular weight excluding hydrogens is 366 g/mol. The maximum absolute atomic E-state index is 13.0. The molecule has 0 aliphatic carbocycles. The molecule has 152 valence electrons. The van der Waals surface area contributed by atoms with Crippen LogP contribution in [0.4, 0.5) is 11.4 Å². The average Bonchev–Trinajstić information content (AvgIpc) is 3.15. The molecule has 0 saturated carbocycles. The van der Waals surface area contributed by atoms with E-state index in [1.165, 1.54) is 11.3 Å². The van der Waals surface area contributed by atoms with Crippen molar-refractivity contribution < 1.29 is 14.3 Å². The lowest BCUT2D eigenvalue weighted by Gasteiger charge is -2.37. The molecule has 2 aliphatic heterocycles. The highest BCUT2D eigenvalue weighted by Crippen LogP contribution is 2.28. The van der Waals surface area contributed by atoms with E-state index in [1.54, 1.807) is 12.0 Å². The van der Waals surface area contributed by atoms with Crippen LogP contribution >= 0.6 is 0 Å². The van der Waals surface area contributed by atoms with Gasteiger partial charge < -0.3 is 19.4 Å². The van der Waals surface area contributed by atoms with Crippen LogP contribution in [-0.4, -0.2) is 56.5 Å². The Kier molecular flexibility index (Phi) is 5.43. The first kappa shape index (κ1) is 19.3. The minimum Gasteiger partial charge on any atom is -0.497 e. The molecule has 2 saturated heterocycles. The van der Waals surface area contributed by atoms with Gasteiger partial charge in [0.05, 0.1) is 13.0 Å². The second kappa shape index (κ2) is 8.15. The van der Waals surface area contributed by atoms with Crippen LogP contribution in [0.15, 0.2) is 48.5 Å². The fourth-order valence-electron chi connectivity index (χ4n) is 4.15. The molecule has 2 aliphatic rings. The number of carbonyl (C=O) groups is 2. The molecule has 4 rings (SSSR count). The lowest BCUT2D eigenvalue weighted by molar-refractivity contribution is -0.136. The Morgan fingerprint density at radius 3 is 2.38 bits per heavy atom. The van der Waals surface area contributed by atoms with Crippen LogP contribution in [0, 0.1) is 12.8 Å². The quantitative estimate of drug-likeness (QED) is 0.802. The van der Waals surface area contributed by atoms with E-state index < -0.39 is 0 Å². The number of nitrogens with zero attached hydrogens (tertiary/aromatic N) is 3. The largest absolute Gasteiger partial charge is 0.497 e. The highest BCUT2D eigenvalue weighted by atomic mass is 16.5. The fraction of sp³-hybridized carbons (Fsp3) is 0.391. The monoisotopic (exact) mass is 393 g/mol. The van der Waals surface area contributed by atoms with Crippen molar-refractivity contribution in [2.45, 2.75) is 13.3 Å². The van der Waals surface area contributed by atoms with Crippen molar-refractivity contribution in [3.05, 3.63) is 54.1 Å². The number of benzene rings is 2. The standard InChI is InChI=1S/C23H27N3O3/c1-17-4-3-5-20(14-17)24-10-12-25(13-11-24)23(28)18-15-22(27)26(16-18)19-6-8-21(29-2)9-7-19/h3-9,14,18H,10-13,15-16H2,1-2H3. The van der Waals surface area contributed by atoms with Gasteiger partial charge in [-0.05, 0) is 48.9 Å². The van der Waals surface area contributed by atoms with Gasteiger partial charge in [0.2, 0.25) is 11.8 Å². The maximum atomic E-state index is 13.0. The topological polar surface area (TPSA) is 53.1 Å². The van der Waals surface area contributed by atoms with Gasteiger partial charge in [-0.1, -0.05) is 12.1 Å². The second-order valence-electron chi connectivity index (χ2n) is 7.75. The number of anilines is 2. The zero-order valence-electron chi connectivity index (χ0n) is 17.0. The molecule has 29 heavy (non-hydrogen) atoms. The third-order valence-electron chi connectivity index (χ3n) is 5.82. The van der Waals surface area contributed by atoms with Crippen molar-refractivity contribution in [1.29, 1.82) is 0 Å². The first-order chi connectivity index (χ1) is 14.0. The van der Waals surface area contributed by atoms with Crippen molar-refractivity contribution in [3.8, 4) is 5.75 Å². The van der Waals surface area contributed by atoms with Gasteiger partial charge in [-0.15, -0.1) is 0 Å². The number of carbonyl (C=O) groups excluding carboxylic acids is 2. The van der Waals surface area contributed by atoms with E-state index in [0.717, 1.165) is 24.5 Å². The third-order valence-corrected chi connectivity index (χ3v) is 5.82. The number of aryl methyl sites for hydroxylation is 1. The Balaban J connectivity index is 1.36. The number of piperazine rings is 1. The Labute approximate surface area is 171 Å². The van der Waals surface area contributed by atoms with Crippen molar-refractivity contribution in [1.82, 2.24) is 4.90 Å². The van der Waals surface area contributed by atoms with Crippen LogP contribution in [0.3, 0.4) is 0 Å². The molecule has 2 heterocycles. The molecule has 2 aromatic carbocycles. The summed E-state index contributed by atoms with van der Waals surface area (Å²) in [6, 6.07) is 15.9. The van der Waals surface area contributed by atoms with Gasteiger partial charge in [-0.3, -0.25) is 9.59 Å². The summed E-state index contributed by atoms with van der Waals surface area (Å²) in [5, 5.41) is 0. The Hall–Kier alpha value is -3.02.